The van der Waals surface area contributed by atoms with Crippen LogP contribution in [-0.2, 0) is 0 Å². The fourth-order valence-corrected chi connectivity index (χ4v) is 1.90. The second kappa shape index (κ2) is 5.38. The minimum Gasteiger partial charge on any atom is -0.0843 e. The molecule has 0 atom stereocenters. The van der Waals surface area contributed by atoms with Gasteiger partial charge < -0.3 is 0 Å². The molecule has 0 N–H and O–H groups in total. The summed E-state index contributed by atoms with van der Waals surface area (Å²) in [5, 5.41) is 0.720. The molecule has 2 aromatic rings. The topological polar surface area (TPSA) is 0 Å². The Morgan fingerprint density at radius 2 is 1.69 bits per heavy atom. The van der Waals surface area contributed by atoms with E-state index in [0.29, 0.717) is 0 Å². The maximum absolute atomic E-state index is 5.93. The summed E-state index contributed by atoms with van der Waals surface area (Å²) in [7, 11) is 0. The zero-order chi connectivity index (χ0) is 11.4. The normalized spacial score (nSPS) is 9.38. The van der Waals surface area contributed by atoms with Crippen LogP contribution < -0.4 is 0 Å². The van der Waals surface area contributed by atoms with Crippen LogP contribution in [0.25, 0.3) is 0 Å². The molecule has 0 saturated carbocycles. The van der Waals surface area contributed by atoms with Crippen LogP contribution in [0.5, 0.6) is 0 Å². The van der Waals surface area contributed by atoms with E-state index >= 15 is 0 Å². The molecule has 0 amide bonds. The van der Waals surface area contributed by atoms with E-state index in [2.05, 4.69) is 34.4 Å². The minimum atomic E-state index is 0.720. The predicted octanol–water partition coefficient (Wildman–Crippen LogP) is 4.34. The van der Waals surface area contributed by atoms with Crippen LogP contribution in [0, 0.1) is 15.4 Å². The zero-order valence-electron chi connectivity index (χ0n) is 8.37. The zero-order valence-corrected chi connectivity index (χ0v) is 11.3. The maximum atomic E-state index is 5.93. The van der Waals surface area contributed by atoms with Crippen LogP contribution in [0.4, 0.5) is 0 Å². The van der Waals surface area contributed by atoms with Crippen molar-refractivity contribution >= 4 is 34.2 Å². The molecule has 0 radical (unpaired) electrons. The molecule has 0 aliphatic rings. The van der Waals surface area contributed by atoms with E-state index in [0.717, 1.165) is 19.7 Å². The van der Waals surface area contributed by atoms with Gasteiger partial charge >= 0.3 is 0 Å². The fraction of sp³-hybridized carbons (Fsp3) is 0. The maximum Gasteiger partial charge on any atom is 0.0419 e. The number of hydrogen-bond acceptors (Lipinski definition) is 0. The molecule has 2 aromatic carbocycles. The summed E-state index contributed by atoms with van der Waals surface area (Å²) in [5.41, 5.74) is 1.98. The van der Waals surface area contributed by atoms with Crippen LogP contribution in [0.15, 0.2) is 48.5 Å². The van der Waals surface area contributed by atoms with E-state index in [-0.39, 0.29) is 0 Å². The van der Waals surface area contributed by atoms with E-state index in [4.69, 9.17) is 11.6 Å². The van der Waals surface area contributed by atoms with Gasteiger partial charge in [-0.3, -0.25) is 0 Å². The van der Waals surface area contributed by atoms with Gasteiger partial charge in [0.15, 0.2) is 0 Å². The van der Waals surface area contributed by atoms with Gasteiger partial charge in [0.25, 0.3) is 0 Å². The summed E-state index contributed by atoms with van der Waals surface area (Å²) >= 11 is 8.19. The van der Waals surface area contributed by atoms with Crippen molar-refractivity contribution in [1.29, 1.82) is 0 Å². The number of halogens is 2. The molecule has 0 aromatic heterocycles. The highest BCUT2D eigenvalue weighted by atomic mass is 127. The number of benzene rings is 2. The Balaban J connectivity index is 2.34. The Labute approximate surface area is 114 Å². The van der Waals surface area contributed by atoms with Crippen molar-refractivity contribution in [2.75, 3.05) is 0 Å². The molecule has 0 fully saturated rings. The fourth-order valence-electron chi connectivity index (χ4n) is 1.25. The summed E-state index contributed by atoms with van der Waals surface area (Å²) in [6, 6.07) is 15.7. The lowest BCUT2D eigenvalue weighted by Gasteiger charge is -1.96. The van der Waals surface area contributed by atoms with Crippen LogP contribution in [0.2, 0.25) is 5.02 Å². The third-order valence-corrected chi connectivity index (χ3v) is 3.22. The van der Waals surface area contributed by atoms with Crippen LogP contribution in [0.3, 0.4) is 0 Å². The molecular formula is C14H8ClI. The highest BCUT2D eigenvalue weighted by Crippen LogP contribution is 2.16. The average Bonchev–Trinajstić information content (AvgIpc) is 2.32. The molecule has 0 nitrogen and oxygen atoms in total. The van der Waals surface area contributed by atoms with E-state index < -0.39 is 0 Å². The first-order valence-electron chi connectivity index (χ1n) is 4.78. The largest absolute Gasteiger partial charge is 0.0843 e. The molecule has 0 aliphatic carbocycles. The lowest BCUT2D eigenvalue weighted by molar-refractivity contribution is 1.58. The molecule has 0 bridgehead atoms. The summed E-state index contributed by atoms with van der Waals surface area (Å²) in [4.78, 5) is 0. The van der Waals surface area contributed by atoms with Crippen molar-refractivity contribution in [3.8, 4) is 11.8 Å². The van der Waals surface area contributed by atoms with Gasteiger partial charge in [-0.2, -0.15) is 0 Å². The Bertz CT molecular complexity index is 550. The average molecular weight is 339 g/mol. The summed E-state index contributed by atoms with van der Waals surface area (Å²) in [6.07, 6.45) is 0. The third-order valence-electron chi connectivity index (χ3n) is 2.04. The van der Waals surface area contributed by atoms with E-state index in [1.807, 2.05) is 48.5 Å². The third kappa shape index (κ3) is 3.01. The minimum absolute atomic E-state index is 0.720. The molecule has 78 valence electrons. The highest BCUT2D eigenvalue weighted by Gasteiger charge is 1.96. The van der Waals surface area contributed by atoms with Crippen molar-refractivity contribution in [3.63, 3.8) is 0 Å². The second-order valence-corrected chi connectivity index (χ2v) is 4.84. The molecule has 0 unspecified atom stereocenters. The van der Waals surface area contributed by atoms with Crippen molar-refractivity contribution in [1.82, 2.24) is 0 Å². The van der Waals surface area contributed by atoms with Crippen LogP contribution in [0.1, 0.15) is 11.1 Å². The lowest BCUT2D eigenvalue weighted by Crippen LogP contribution is -1.81. The van der Waals surface area contributed by atoms with Gasteiger partial charge in [-0.1, -0.05) is 41.6 Å². The summed E-state index contributed by atoms with van der Waals surface area (Å²) < 4.78 is 1.12. The van der Waals surface area contributed by atoms with Crippen molar-refractivity contribution in [3.05, 3.63) is 68.3 Å². The molecular weight excluding hydrogens is 331 g/mol. The Morgan fingerprint density at radius 1 is 0.938 bits per heavy atom. The van der Waals surface area contributed by atoms with Gasteiger partial charge in [0, 0.05) is 19.7 Å². The second-order valence-electron chi connectivity index (χ2n) is 3.24. The first-order valence-corrected chi connectivity index (χ1v) is 6.23. The van der Waals surface area contributed by atoms with Crippen molar-refractivity contribution in [2.24, 2.45) is 0 Å². The first-order chi connectivity index (χ1) is 7.75. The lowest BCUT2D eigenvalue weighted by atomic mass is 10.2. The molecule has 0 saturated heterocycles. The van der Waals surface area contributed by atoms with E-state index in [1.54, 1.807) is 0 Å². The van der Waals surface area contributed by atoms with Gasteiger partial charge in [0.05, 0.1) is 0 Å². The summed E-state index contributed by atoms with van der Waals surface area (Å²) in [5.74, 6) is 6.24. The van der Waals surface area contributed by atoms with Gasteiger partial charge in [0.1, 0.15) is 0 Å². The monoisotopic (exact) mass is 338 g/mol. The number of hydrogen-bond donors (Lipinski definition) is 0. The molecule has 0 aliphatic heterocycles. The standard InChI is InChI=1S/C14H8ClI/c15-13-8-9-14(16)12(10-13)7-6-11-4-2-1-3-5-11/h1-5,8-10H. The van der Waals surface area contributed by atoms with Crippen LogP contribution in [-0.4, -0.2) is 0 Å². The van der Waals surface area contributed by atoms with E-state index in [1.165, 1.54) is 0 Å². The predicted molar refractivity (Wildman–Crippen MR) is 76.6 cm³/mol. The number of rotatable bonds is 0. The van der Waals surface area contributed by atoms with Gasteiger partial charge in [-0.25, -0.2) is 0 Å². The Kier molecular flexibility index (Phi) is 3.87. The first kappa shape index (κ1) is 11.5. The summed E-state index contributed by atoms with van der Waals surface area (Å²) in [6.45, 7) is 0. The molecule has 2 rings (SSSR count). The van der Waals surface area contributed by atoms with Crippen molar-refractivity contribution < 1.29 is 0 Å². The highest BCUT2D eigenvalue weighted by molar-refractivity contribution is 14.1. The van der Waals surface area contributed by atoms with Gasteiger partial charge in [0.2, 0.25) is 0 Å². The SMILES string of the molecule is Clc1ccc(I)c(C#Cc2ccccc2)c1. The quantitative estimate of drug-likeness (QED) is 0.495. The molecule has 2 heteroatoms. The smallest absolute Gasteiger partial charge is 0.0419 e. The molecule has 16 heavy (non-hydrogen) atoms. The van der Waals surface area contributed by atoms with Crippen molar-refractivity contribution in [2.45, 2.75) is 0 Å². The van der Waals surface area contributed by atoms with E-state index in [9.17, 15) is 0 Å². The molecule has 0 spiro atoms. The van der Waals surface area contributed by atoms with Crippen LogP contribution >= 0.6 is 34.2 Å². The molecule has 0 heterocycles. The Hall–Kier alpha value is -0.980. The van der Waals surface area contributed by atoms with Gasteiger partial charge in [-0.15, -0.1) is 0 Å². The van der Waals surface area contributed by atoms with Gasteiger partial charge in [-0.05, 0) is 52.9 Å². The Morgan fingerprint density at radius 3 is 2.44 bits per heavy atom.